The Morgan fingerprint density at radius 3 is 2.70 bits per heavy atom. The number of nitrogens with zero attached hydrogens (tertiary/aromatic N) is 2. The lowest BCUT2D eigenvalue weighted by Crippen LogP contribution is -2.19. The molecule has 0 fully saturated rings. The maximum Gasteiger partial charge on any atom is 0.274 e. The maximum atomic E-state index is 12.1. The molecule has 0 amide bonds. The van der Waals surface area contributed by atoms with Crippen LogP contribution in [-0.2, 0) is 13.0 Å². The van der Waals surface area contributed by atoms with Crippen LogP contribution >= 0.6 is 0 Å². The SMILES string of the molecule is COc1ccc(Cc2nnc(NCc3ccco3)[nH]c2=O)cc1. The molecule has 2 heterocycles. The number of methoxy groups -OCH3 is 1. The molecule has 2 aromatic heterocycles. The van der Waals surface area contributed by atoms with Gasteiger partial charge in [0.2, 0.25) is 5.95 Å². The lowest BCUT2D eigenvalue weighted by Gasteiger charge is -2.05. The third-order valence-electron chi connectivity index (χ3n) is 3.31. The van der Waals surface area contributed by atoms with Crippen LogP contribution in [0.5, 0.6) is 5.75 Å². The molecule has 0 bridgehead atoms. The zero-order valence-electron chi connectivity index (χ0n) is 12.6. The van der Waals surface area contributed by atoms with Gasteiger partial charge in [0.05, 0.1) is 19.9 Å². The summed E-state index contributed by atoms with van der Waals surface area (Å²) in [6.45, 7) is 0.426. The number of anilines is 1. The van der Waals surface area contributed by atoms with Crippen molar-refractivity contribution in [3.63, 3.8) is 0 Å². The average Bonchev–Trinajstić information content (AvgIpc) is 3.09. The van der Waals surface area contributed by atoms with E-state index in [4.69, 9.17) is 9.15 Å². The average molecular weight is 312 g/mol. The highest BCUT2D eigenvalue weighted by Gasteiger charge is 2.07. The van der Waals surface area contributed by atoms with E-state index in [0.29, 0.717) is 24.6 Å². The van der Waals surface area contributed by atoms with E-state index < -0.39 is 0 Å². The van der Waals surface area contributed by atoms with Crippen molar-refractivity contribution in [1.82, 2.24) is 15.2 Å². The summed E-state index contributed by atoms with van der Waals surface area (Å²) in [6.07, 6.45) is 1.99. The number of rotatable bonds is 6. The molecule has 23 heavy (non-hydrogen) atoms. The standard InChI is InChI=1S/C16H16N4O3/c1-22-12-6-4-11(5-7-12)9-14-15(21)18-16(20-19-14)17-10-13-3-2-8-23-13/h2-8H,9-10H2,1H3,(H2,17,18,20,21). The van der Waals surface area contributed by atoms with Gasteiger partial charge in [0.25, 0.3) is 5.56 Å². The number of H-pyrrole nitrogens is 1. The fourth-order valence-electron chi connectivity index (χ4n) is 2.08. The molecule has 0 aliphatic heterocycles. The predicted molar refractivity (Wildman–Crippen MR) is 84.5 cm³/mol. The molecule has 0 saturated carbocycles. The number of aromatic amines is 1. The largest absolute Gasteiger partial charge is 0.497 e. The second kappa shape index (κ2) is 6.78. The molecule has 0 unspecified atom stereocenters. The minimum absolute atomic E-state index is 0.266. The summed E-state index contributed by atoms with van der Waals surface area (Å²) in [4.78, 5) is 14.8. The molecule has 7 nitrogen and oxygen atoms in total. The number of hydrogen-bond acceptors (Lipinski definition) is 6. The van der Waals surface area contributed by atoms with Gasteiger partial charge >= 0.3 is 0 Å². The van der Waals surface area contributed by atoms with Crippen molar-refractivity contribution in [3.05, 3.63) is 70.0 Å². The zero-order chi connectivity index (χ0) is 16.1. The third kappa shape index (κ3) is 3.76. The van der Waals surface area contributed by atoms with E-state index in [1.54, 1.807) is 19.4 Å². The van der Waals surface area contributed by atoms with Gasteiger partial charge in [-0.1, -0.05) is 12.1 Å². The summed E-state index contributed by atoms with van der Waals surface area (Å²) < 4.78 is 10.3. The van der Waals surface area contributed by atoms with Crippen LogP contribution in [0.4, 0.5) is 5.95 Å². The van der Waals surface area contributed by atoms with Gasteiger partial charge in [0.1, 0.15) is 17.2 Å². The van der Waals surface area contributed by atoms with E-state index >= 15 is 0 Å². The molecule has 0 spiro atoms. The van der Waals surface area contributed by atoms with Crippen molar-refractivity contribution >= 4 is 5.95 Å². The van der Waals surface area contributed by atoms with Crippen molar-refractivity contribution in [3.8, 4) is 5.75 Å². The van der Waals surface area contributed by atoms with Crippen LogP contribution in [0.1, 0.15) is 17.0 Å². The van der Waals surface area contributed by atoms with Crippen molar-refractivity contribution in [2.75, 3.05) is 12.4 Å². The summed E-state index contributed by atoms with van der Waals surface area (Å²) in [5.74, 6) is 1.83. The highest BCUT2D eigenvalue weighted by molar-refractivity contribution is 5.30. The van der Waals surface area contributed by atoms with Crippen LogP contribution < -0.4 is 15.6 Å². The van der Waals surface area contributed by atoms with Gasteiger partial charge in [-0.2, -0.15) is 0 Å². The molecule has 0 aliphatic carbocycles. The Hall–Kier alpha value is -3.09. The minimum atomic E-state index is -0.266. The number of aromatic nitrogens is 3. The van der Waals surface area contributed by atoms with Gasteiger partial charge in [-0.25, -0.2) is 0 Å². The zero-order valence-corrected chi connectivity index (χ0v) is 12.6. The normalized spacial score (nSPS) is 10.5. The van der Waals surface area contributed by atoms with Crippen molar-refractivity contribution in [2.45, 2.75) is 13.0 Å². The van der Waals surface area contributed by atoms with Gasteiger partial charge in [-0.3, -0.25) is 9.78 Å². The fraction of sp³-hybridized carbons (Fsp3) is 0.188. The van der Waals surface area contributed by atoms with Crippen LogP contribution in [0, 0.1) is 0 Å². The Kier molecular flexibility index (Phi) is 4.37. The van der Waals surface area contributed by atoms with Crippen LogP contribution in [0.15, 0.2) is 51.9 Å². The summed E-state index contributed by atoms with van der Waals surface area (Å²) >= 11 is 0. The van der Waals surface area contributed by atoms with Gasteiger partial charge in [-0.15, -0.1) is 10.2 Å². The van der Waals surface area contributed by atoms with Crippen LogP contribution in [0.3, 0.4) is 0 Å². The summed E-state index contributed by atoms with van der Waals surface area (Å²) in [5, 5.41) is 10.9. The lowest BCUT2D eigenvalue weighted by molar-refractivity contribution is 0.414. The predicted octanol–water partition coefficient (Wildman–Crippen LogP) is 1.97. The summed E-state index contributed by atoms with van der Waals surface area (Å²) in [6, 6.07) is 11.1. The molecule has 0 radical (unpaired) electrons. The van der Waals surface area contributed by atoms with Crippen LogP contribution in [0.2, 0.25) is 0 Å². The molecule has 0 atom stereocenters. The Balaban J connectivity index is 1.67. The summed E-state index contributed by atoms with van der Waals surface area (Å²) in [7, 11) is 1.61. The highest BCUT2D eigenvalue weighted by Crippen LogP contribution is 2.12. The molecule has 1 aromatic carbocycles. The Bertz CT molecular complexity index is 810. The quantitative estimate of drug-likeness (QED) is 0.723. The summed E-state index contributed by atoms with van der Waals surface area (Å²) in [5.41, 5.74) is 1.05. The second-order valence-electron chi connectivity index (χ2n) is 4.91. The van der Waals surface area contributed by atoms with Gasteiger partial charge < -0.3 is 14.5 Å². The number of hydrogen-bond donors (Lipinski definition) is 2. The van der Waals surface area contributed by atoms with E-state index in [1.165, 1.54) is 0 Å². The molecule has 0 saturated heterocycles. The Morgan fingerprint density at radius 2 is 2.04 bits per heavy atom. The first kappa shape index (κ1) is 14.8. The molecular formula is C16H16N4O3. The topological polar surface area (TPSA) is 93.0 Å². The second-order valence-corrected chi connectivity index (χ2v) is 4.91. The van der Waals surface area contributed by atoms with Crippen LogP contribution in [0.25, 0.3) is 0 Å². The van der Waals surface area contributed by atoms with Gasteiger partial charge in [-0.05, 0) is 29.8 Å². The van der Waals surface area contributed by atoms with E-state index in [-0.39, 0.29) is 5.56 Å². The first-order valence-corrected chi connectivity index (χ1v) is 7.09. The Labute approximate surface area is 132 Å². The number of ether oxygens (including phenoxy) is 1. The van der Waals surface area contributed by atoms with Crippen LogP contribution in [-0.4, -0.2) is 22.3 Å². The molecule has 7 heteroatoms. The fourth-order valence-corrected chi connectivity index (χ4v) is 2.08. The molecular weight excluding hydrogens is 296 g/mol. The molecule has 2 N–H and O–H groups in total. The van der Waals surface area contributed by atoms with Gasteiger partial charge in [0.15, 0.2) is 0 Å². The van der Waals surface area contributed by atoms with E-state index in [2.05, 4.69) is 20.5 Å². The molecule has 3 rings (SSSR count). The monoisotopic (exact) mass is 312 g/mol. The van der Waals surface area contributed by atoms with E-state index in [9.17, 15) is 4.79 Å². The van der Waals surface area contributed by atoms with E-state index in [0.717, 1.165) is 17.1 Å². The van der Waals surface area contributed by atoms with Gasteiger partial charge in [0, 0.05) is 6.42 Å². The molecule has 3 aromatic rings. The first-order valence-electron chi connectivity index (χ1n) is 7.09. The van der Waals surface area contributed by atoms with E-state index in [1.807, 2.05) is 30.3 Å². The lowest BCUT2D eigenvalue weighted by atomic mass is 10.1. The molecule has 0 aliphatic rings. The molecule has 118 valence electrons. The minimum Gasteiger partial charge on any atom is -0.497 e. The Morgan fingerprint density at radius 1 is 1.22 bits per heavy atom. The first-order chi connectivity index (χ1) is 11.2. The number of nitrogens with one attached hydrogen (secondary N) is 2. The van der Waals surface area contributed by atoms with Crippen molar-refractivity contribution in [2.24, 2.45) is 0 Å². The highest BCUT2D eigenvalue weighted by atomic mass is 16.5. The van der Waals surface area contributed by atoms with Crippen molar-refractivity contribution < 1.29 is 9.15 Å². The number of benzene rings is 1. The van der Waals surface area contributed by atoms with Crippen molar-refractivity contribution in [1.29, 1.82) is 0 Å². The maximum absolute atomic E-state index is 12.1. The smallest absolute Gasteiger partial charge is 0.274 e. The number of furan rings is 1. The third-order valence-corrected chi connectivity index (χ3v) is 3.31.